The second-order valence-corrected chi connectivity index (χ2v) is 8.04. The number of rotatable bonds is 10. The minimum atomic E-state index is -0.964. The molecule has 0 bridgehead atoms. The van der Waals surface area contributed by atoms with Gasteiger partial charge < -0.3 is 26.1 Å². The van der Waals surface area contributed by atoms with Gasteiger partial charge in [-0.15, -0.1) is 0 Å². The van der Waals surface area contributed by atoms with Crippen LogP contribution in [0.1, 0.15) is 42.5 Å². The van der Waals surface area contributed by atoms with E-state index in [1.807, 2.05) is 13.8 Å². The van der Waals surface area contributed by atoms with Gasteiger partial charge in [-0.2, -0.15) is 5.10 Å². The van der Waals surface area contributed by atoms with Crippen molar-refractivity contribution in [2.24, 2.45) is 17.4 Å². The molecule has 10 heteroatoms. The van der Waals surface area contributed by atoms with Crippen LogP contribution in [0, 0.1) is 5.92 Å². The number of nitrogens with two attached hydrogens (primary N) is 2. The summed E-state index contributed by atoms with van der Waals surface area (Å²) >= 11 is 0. The van der Waals surface area contributed by atoms with Gasteiger partial charge in [0.2, 0.25) is 11.8 Å². The number of hydrogen-bond donors (Lipinski definition) is 4. The molecule has 0 radical (unpaired) electrons. The van der Waals surface area contributed by atoms with Crippen molar-refractivity contribution in [2.45, 2.75) is 38.8 Å². The van der Waals surface area contributed by atoms with Crippen molar-refractivity contribution >= 4 is 28.6 Å². The van der Waals surface area contributed by atoms with Crippen molar-refractivity contribution in [3.05, 3.63) is 47.9 Å². The minimum Gasteiger partial charge on any atom is -0.496 e. The summed E-state index contributed by atoms with van der Waals surface area (Å²) in [6.07, 6.45) is 2.16. The fourth-order valence-electron chi connectivity index (χ4n) is 3.81. The predicted molar refractivity (Wildman–Crippen MR) is 119 cm³/mol. The highest BCUT2D eigenvalue weighted by atomic mass is 16.5. The second-order valence-electron chi connectivity index (χ2n) is 8.04. The molecule has 2 atom stereocenters. The van der Waals surface area contributed by atoms with Gasteiger partial charge >= 0.3 is 0 Å². The molecule has 0 aliphatic rings. The zero-order valence-electron chi connectivity index (χ0n) is 18.3. The first kappa shape index (κ1) is 22.9. The molecule has 2 heterocycles. The molecule has 6 N–H and O–H groups in total. The number of hydrogen-bond acceptors (Lipinski definition) is 5. The molecule has 1 unspecified atom stereocenters. The normalized spacial score (nSPS) is 13.1. The van der Waals surface area contributed by atoms with Gasteiger partial charge in [0.1, 0.15) is 23.5 Å². The standard InChI is InChI=1S/C22H28N6O4/c1-12(2)9-18(22(31)26-15(20(23)29)10-13-7-8-25-27-13)28-16-5-4-6-19(32-3)14(16)11-17(28)21(24)30/h4-8,11-12,15,18H,9-10H2,1-3H3,(H2,23,29)(H2,24,30)(H,25,27)(H,26,31)/t15?,18-/m0/s1. The number of aromatic amines is 1. The fourth-order valence-corrected chi connectivity index (χ4v) is 3.81. The largest absolute Gasteiger partial charge is 0.496 e. The number of H-pyrrole nitrogens is 1. The maximum atomic E-state index is 13.4. The molecule has 0 spiro atoms. The molecule has 1 aromatic carbocycles. The molecule has 3 rings (SSSR count). The van der Waals surface area contributed by atoms with Crippen molar-refractivity contribution < 1.29 is 19.1 Å². The van der Waals surface area contributed by atoms with Crippen LogP contribution in [0.5, 0.6) is 5.75 Å². The van der Waals surface area contributed by atoms with E-state index in [2.05, 4.69) is 15.5 Å². The predicted octanol–water partition coefficient (Wildman–Crippen LogP) is 1.27. The first-order valence-corrected chi connectivity index (χ1v) is 10.3. The Morgan fingerprint density at radius 1 is 1.22 bits per heavy atom. The summed E-state index contributed by atoms with van der Waals surface area (Å²) in [4.78, 5) is 37.8. The molecule has 10 nitrogen and oxygen atoms in total. The molecule has 32 heavy (non-hydrogen) atoms. The van der Waals surface area contributed by atoms with E-state index < -0.39 is 29.8 Å². The molecule has 0 saturated heterocycles. The number of carbonyl (C=O) groups is 3. The average Bonchev–Trinajstić information content (AvgIpc) is 3.38. The first-order valence-electron chi connectivity index (χ1n) is 10.3. The molecule has 0 aliphatic carbocycles. The van der Waals surface area contributed by atoms with Crippen molar-refractivity contribution in [3.8, 4) is 5.75 Å². The first-order chi connectivity index (χ1) is 15.2. The molecular formula is C22H28N6O4. The Morgan fingerprint density at radius 2 is 1.97 bits per heavy atom. The van der Waals surface area contributed by atoms with E-state index in [1.165, 1.54) is 7.11 Å². The summed E-state index contributed by atoms with van der Waals surface area (Å²) < 4.78 is 7.03. The van der Waals surface area contributed by atoms with Crippen LogP contribution in [0.3, 0.4) is 0 Å². The molecule has 3 amide bonds. The highest BCUT2D eigenvalue weighted by molar-refractivity contribution is 6.01. The van der Waals surface area contributed by atoms with Gasteiger partial charge in [0, 0.05) is 18.0 Å². The molecule has 170 valence electrons. The lowest BCUT2D eigenvalue weighted by Crippen LogP contribution is -2.48. The van der Waals surface area contributed by atoms with Gasteiger partial charge in [-0.3, -0.25) is 19.5 Å². The van der Waals surface area contributed by atoms with Crippen molar-refractivity contribution in [3.63, 3.8) is 0 Å². The van der Waals surface area contributed by atoms with Crippen LogP contribution < -0.4 is 21.5 Å². The SMILES string of the molecule is COc1cccc2c1cc(C(N)=O)n2[C@@H](CC(C)C)C(=O)NC(Cc1cc[nH]n1)C(N)=O. The molecule has 0 aliphatic heterocycles. The van der Waals surface area contributed by atoms with Gasteiger partial charge in [0.15, 0.2) is 0 Å². The summed E-state index contributed by atoms with van der Waals surface area (Å²) in [5.74, 6) is -1.14. The number of benzene rings is 1. The van der Waals surface area contributed by atoms with Crippen LogP contribution in [0.15, 0.2) is 36.5 Å². The second kappa shape index (κ2) is 9.54. The summed E-state index contributed by atoms with van der Waals surface area (Å²) in [5.41, 5.74) is 12.6. The molecular weight excluding hydrogens is 412 g/mol. The zero-order valence-corrected chi connectivity index (χ0v) is 18.3. The Balaban J connectivity index is 2.05. The van der Waals surface area contributed by atoms with Crippen LogP contribution in [0.2, 0.25) is 0 Å². The Labute approximate surface area is 185 Å². The number of amides is 3. The van der Waals surface area contributed by atoms with Crippen LogP contribution in [-0.4, -0.2) is 45.6 Å². The quantitative estimate of drug-likeness (QED) is 0.373. The van der Waals surface area contributed by atoms with E-state index in [9.17, 15) is 14.4 Å². The highest BCUT2D eigenvalue weighted by Gasteiger charge is 2.30. The number of fused-ring (bicyclic) bond motifs is 1. The Kier molecular flexibility index (Phi) is 6.82. The van der Waals surface area contributed by atoms with Gasteiger partial charge in [-0.1, -0.05) is 19.9 Å². The maximum absolute atomic E-state index is 13.4. The summed E-state index contributed by atoms with van der Waals surface area (Å²) in [6.45, 7) is 3.93. The topological polar surface area (TPSA) is 158 Å². The lowest BCUT2D eigenvalue weighted by Gasteiger charge is -2.25. The number of carbonyl (C=O) groups excluding carboxylic acids is 3. The Morgan fingerprint density at radius 3 is 2.53 bits per heavy atom. The summed E-state index contributed by atoms with van der Waals surface area (Å²) in [5, 5.41) is 10.1. The van der Waals surface area contributed by atoms with Gasteiger partial charge in [0.25, 0.3) is 5.91 Å². The van der Waals surface area contributed by atoms with Crippen LogP contribution >= 0.6 is 0 Å². The smallest absolute Gasteiger partial charge is 0.265 e. The average molecular weight is 441 g/mol. The number of nitrogens with one attached hydrogen (secondary N) is 2. The Bertz CT molecular complexity index is 1120. The minimum absolute atomic E-state index is 0.105. The van der Waals surface area contributed by atoms with Crippen molar-refractivity contribution in [1.29, 1.82) is 0 Å². The van der Waals surface area contributed by atoms with E-state index in [0.717, 1.165) is 0 Å². The third-order valence-electron chi connectivity index (χ3n) is 5.26. The van der Waals surface area contributed by atoms with Crippen LogP contribution in [0.4, 0.5) is 0 Å². The van der Waals surface area contributed by atoms with Gasteiger partial charge in [0.05, 0.1) is 18.3 Å². The van der Waals surface area contributed by atoms with Crippen LogP contribution in [-0.2, 0) is 16.0 Å². The molecule has 3 aromatic rings. The number of ether oxygens (including phenoxy) is 1. The summed E-state index contributed by atoms with van der Waals surface area (Å²) in [6, 6.07) is 6.88. The van der Waals surface area contributed by atoms with Crippen molar-refractivity contribution in [1.82, 2.24) is 20.1 Å². The lowest BCUT2D eigenvalue weighted by molar-refractivity contribution is -0.129. The number of nitrogens with zero attached hydrogens (tertiary/aromatic N) is 2. The lowest BCUT2D eigenvalue weighted by atomic mass is 10.0. The van der Waals surface area contributed by atoms with E-state index in [0.29, 0.717) is 28.8 Å². The van der Waals surface area contributed by atoms with Gasteiger partial charge in [-0.05, 0) is 36.6 Å². The van der Waals surface area contributed by atoms with Crippen LogP contribution in [0.25, 0.3) is 10.9 Å². The monoisotopic (exact) mass is 440 g/mol. The third-order valence-corrected chi connectivity index (χ3v) is 5.26. The fraction of sp³-hybridized carbons (Fsp3) is 0.364. The van der Waals surface area contributed by atoms with E-state index in [1.54, 1.807) is 41.1 Å². The zero-order chi connectivity index (χ0) is 23.4. The number of primary amides is 2. The van der Waals surface area contributed by atoms with E-state index in [-0.39, 0.29) is 18.0 Å². The maximum Gasteiger partial charge on any atom is 0.265 e. The third kappa shape index (κ3) is 4.74. The molecule has 0 saturated carbocycles. The number of aromatic nitrogens is 3. The number of methoxy groups -OCH3 is 1. The Hall–Kier alpha value is -3.82. The molecule has 0 fully saturated rings. The van der Waals surface area contributed by atoms with E-state index >= 15 is 0 Å². The summed E-state index contributed by atoms with van der Waals surface area (Å²) in [7, 11) is 1.53. The highest BCUT2D eigenvalue weighted by Crippen LogP contribution is 2.33. The van der Waals surface area contributed by atoms with Gasteiger partial charge in [-0.25, -0.2) is 0 Å². The van der Waals surface area contributed by atoms with E-state index in [4.69, 9.17) is 16.2 Å². The molecule has 2 aromatic heterocycles. The van der Waals surface area contributed by atoms with Crippen molar-refractivity contribution in [2.75, 3.05) is 7.11 Å².